The van der Waals surface area contributed by atoms with E-state index in [4.69, 9.17) is 15.5 Å². The van der Waals surface area contributed by atoms with Gasteiger partial charge in [0.2, 0.25) is 0 Å². The van der Waals surface area contributed by atoms with Crippen LogP contribution in [0.1, 0.15) is 44.0 Å². The van der Waals surface area contributed by atoms with Crippen molar-refractivity contribution in [1.29, 1.82) is 0 Å². The van der Waals surface area contributed by atoms with E-state index in [0.717, 1.165) is 46.8 Å². The van der Waals surface area contributed by atoms with Crippen LogP contribution in [-0.4, -0.2) is 38.4 Å². The molecule has 0 spiro atoms. The summed E-state index contributed by atoms with van der Waals surface area (Å²) in [6.07, 6.45) is 8.70. The van der Waals surface area contributed by atoms with Gasteiger partial charge in [0.1, 0.15) is 35.2 Å². The van der Waals surface area contributed by atoms with E-state index in [1.807, 2.05) is 36.5 Å². The van der Waals surface area contributed by atoms with Crippen molar-refractivity contribution in [3.8, 4) is 17.0 Å². The second kappa shape index (κ2) is 8.44. The lowest BCUT2D eigenvalue weighted by Crippen LogP contribution is -2.51. The van der Waals surface area contributed by atoms with Crippen molar-refractivity contribution in [2.45, 2.75) is 50.7 Å². The molecule has 34 heavy (non-hydrogen) atoms. The number of rotatable bonds is 6. The van der Waals surface area contributed by atoms with Crippen LogP contribution in [0.25, 0.3) is 16.8 Å². The molecular formula is C28H31N5O. The number of likely N-dealkylation sites (tertiary alicyclic amines) is 1. The van der Waals surface area contributed by atoms with Gasteiger partial charge >= 0.3 is 0 Å². The molecule has 1 saturated carbocycles. The second-order valence-corrected chi connectivity index (χ2v) is 9.98. The summed E-state index contributed by atoms with van der Waals surface area (Å²) in [4.78, 5) is 12.2. The molecule has 3 heterocycles. The highest BCUT2D eigenvalue weighted by molar-refractivity contribution is 5.85. The van der Waals surface area contributed by atoms with Crippen LogP contribution in [-0.2, 0) is 12.0 Å². The highest BCUT2D eigenvalue weighted by atomic mass is 16.5. The summed E-state index contributed by atoms with van der Waals surface area (Å²) in [5.74, 6) is 2.40. The number of nitrogens with zero attached hydrogens (tertiary/aromatic N) is 4. The molecule has 6 rings (SSSR count). The van der Waals surface area contributed by atoms with E-state index in [1.54, 1.807) is 6.20 Å². The lowest BCUT2D eigenvalue weighted by molar-refractivity contribution is 0.0757. The number of imidazole rings is 1. The van der Waals surface area contributed by atoms with E-state index in [9.17, 15) is 0 Å². The molecule has 2 aromatic heterocycles. The molecule has 1 aliphatic carbocycles. The first kappa shape index (κ1) is 21.2. The number of nitrogens with two attached hydrogens (primary N) is 1. The van der Waals surface area contributed by atoms with Crippen LogP contribution in [0.2, 0.25) is 0 Å². The fourth-order valence-corrected chi connectivity index (χ4v) is 5.69. The fourth-order valence-electron chi connectivity index (χ4n) is 5.69. The van der Waals surface area contributed by atoms with Crippen molar-refractivity contribution in [1.82, 2.24) is 19.3 Å². The minimum absolute atomic E-state index is 0.0314. The SMILES string of the molecule is CC1(c2nc(-c3cccc(OCc4ccccc4)c3)c3c(N)nccn23)CC(N2CCCC2)C1. The predicted molar refractivity (Wildman–Crippen MR) is 135 cm³/mol. The topological polar surface area (TPSA) is 68.7 Å². The number of aromatic nitrogens is 3. The van der Waals surface area contributed by atoms with E-state index in [1.165, 1.54) is 25.9 Å². The predicted octanol–water partition coefficient (Wildman–Crippen LogP) is 5.07. The lowest BCUT2D eigenvalue weighted by Gasteiger charge is -2.48. The van der Waals surface area contributed by atoms with Crippen molar-refractivity contribution in [3.05, 3.63) is 78.4 Å². The average Bonchev–Trinajstić information content (AvgIpc) is 3.51. The summed E-state index contributed by atoms with van der Waals surface area (Å²) in [6.45, 7) is 5.34. The molecule has 2 aromatic carbocycles. The molecule has 0 bridgehead atoms. The largest absolute Gasteiger partial charge is 0.489 e. The van der Waals surface area contributed by atoms with Crippen LogP contribution >= 0.6 is 0 Å². The third-order valence-corrected chi connectivity index (χ3v) is 7.51. The molecule has 0 unspecified atom stereocenters. The molecule has 0 amide bonds. The zero-order valence-corrected chi connectivity index (χ0v) is 19.7. The number of hydrogen-bond donors (Lipinski definition) is 1. The van der Waals surface area contributed by atoms with Gasteiger partial charge in [-0.05, 0) is 56.5 Å². The summed E-state index contributed by atoms with van der Waals surface area (Å²) in [6, 6.07) is 19.0. The Labute approximate surface area is 200 Å². The number of hydrogen-bond acceptors (Lipinski definition) is 5. The Bertz CT molecular complexity index is 1300. The normalized spacial score (nSPS) is 22.7. The van der Waals surface area contributed by atoms with Crippen LogP contribution in [0, 0.1) is 0 Å². The molecule has 6 heteroatoms. The van der Waals surface area contributed by atoms with E-state index < -0.39 is 0 Å². The van der Waals surface area contributed by atoms with E-state index in [-0.39, 0.29) is 5.41 Å². The molecule has 4 aromatic rings. The summed E-state index contributed by atoms with van der Waals surface area (Å²) in [5.41, 5.74) is 10.3. The van der Waals surface area contributed by atoms with Crippen molar-refractivity contribution in [2.24, 2.45) is 0 Å². The van der Waals surface area contributed by atoms with Gasteiger partial charge in [-0.15, -0.1) is 0 Å². The lowest BCUT2D eigenvalue weighted by atomic mass is 9.65. The monoisotopic (exact) mass is 453 g/mol. The van der Waals surface area contributed by atoms with Crippen LogP contribution in [0.3, 0.4) is 0 Å². The van der Waals surface area contributed by atoms with Gasteiger partial charge < -0.3 is 15.4 Å². The first-order valence-corrected chi connectivity index (χ1v) is 12.2. The second-order valence-electron chi connectivity index (χ2n) is 9.98. The summed E-state index contributed by atoms with van der Waals surface area (Å²) in [7, 11) is 0. The van der Waals surface area contributed by atoms with Gasteiger partial charge in [-0.2, -0.15) is 0 Å². The Morgan fingerprint density at radius 3 is 2.65 bits per heavy atom. The molecule has 2 N–H and O–H groups in total. The summed E-state index contributed by atoms with van der Waals surface area (Å²) in [5, 5.41) is 0. The standard InChI is InChI=1S/C28H31N5O/c1-28(17-22(18-28)32-13-5-6-14-32)27-31-24(25-26(29)30-12-15-33(25)27)21-10-7-11-23(16-21)34-19-20-8-3-2-4-9-20/h2-4,7-12,15-16,22H,5-6,13-14,17-19H2,1H3,(H2,29,30). The Morgan fingerprint density at radius 2 is 1.85 bits per heavy atom. The molecule has 1 aliphatic heterocycles. The minimum atomic E-state index is 0.0314. The zero-order chi connectivity index (χ0) is 23.1. The molecule has 0 radical (unpaired) electrons. The smallest absolute Gasteiger partial charge is 0.150 e. The maximum atomic E-state index is 6.40. The first-order chi connectivity index (χ1) is 16.6. The van der Waals surface area contributed by atoms with Crippen molar-refractivity contribution in [3.63, 3.8) is 0 Å². The van der Waals surface area contributed by atoms with Gasteiger partial charge in [-0.3, -0.25) is 4.40 Å². The van der Waals surface area contributed by atoms with Gasteiger partial charge in [0.15, 0.2) is 0 Å². The number of nitrogen functional groups attached to an aromatic ring is 1. The Hall–Kier alpha value is -3.38. The number of anilines is 1. The number of fused-ring (bicyclic) bond motifs is 1. The maximum Gasteiger partial charge on any atom is 0.150 e. The molecule has 174 valence electrons. The molecule has 0 atom stereocenters. The van der Waals surface area contributed by atoms with Gasteiger partial charge in [0.25, 0.3) is 0 Å². The summed E-state index contributed by atoms with van der Waals surface area (Å²) >= 11 is 0. The van der Waals surface area contributed by atoms with Crippen LogP contribution in [0.15, 0.2) is 67.0 Å². The van der Waals surface area contributed by atoms with Crippen LogP contribution in [0.4, 0.5) is 5.82 Å². The fraction of sp³-hybridized carbons (Fsp3) is 0.357. The molecule has 1 saturated heterocycles. The van der Waals surface area contributed by atoms with Gasteiger partial charge in [-0.25, -0.2) is 9.97 Å². The Kier molecular flexibility index (Phi) is 5.26. The Balaban J connectivity index is 1.32. The molecule has 2 aliphatic rings. The zero-order valence-electron chi connectivity index (χ0n) is 19.7. The van der Waals surface area contributed by atoms with E-state index in [0.29, 0.717) is 18.5 Å². The van der Waals surface area contributed by atoms with Crippen LogP contribution in [0.5, 0.6) is 5.75 Å². The van der Waals surface area contributed by atoms with Gasteiger partial charge in [-0.1, -0.05) is 49.4 Å². The van der Waals surface area contributed by atoms with Crippen molar-refractivity contribution < 1.29 is 4.74 Å². The number of benzene rings is 2. The maximum absolute atomic E-state index is 6.40. The van der Waals surface area contributed by atoms with E-state index in [2.05, 4.69) is 45.5 Å². The third kappa shape index (κ3) is 3.72. The third-order valence-electron chi connectivity index (χ3n) is 7.51. The molecule has 2 fully saturated rings. The summed E-state index contributed by atoms with van der Waals surface area (Å²) < 4.78 is 8.25. The highest BCUT2D eigenvalue weighted by Crippen LogP contribution is 2.47. The quantitative estimate of drug-likeness (QED) is 0.441. The average molecular weight is 454 g/mol. The number of ether oxygens (including phenoxy) is 1. The van der Waals surface area contributed by atoms with Crippen LogP contribution < -0.4 is 10.5 Å². The van der Waals surface area contributed by atoms with E-state index >= 15 is 0 Å². The Morgan fingerprint density at radius 1 is 1.06 bits per heavy atom. The van der Waals surface area contributed by atoms with Gasteiger partial charge in [0.05, 0.1) is 0 Å². The van der Waals surface area contributed by atoms with Crippen molar-refractivity contribution in [2.75, 3.05) is 18.8 Å². The highest BCUT2D eigenvalue weighted by Gasteiger charge is 2.47. The first-order valence-electron chi connectivity index (χ1n) is 12.2. The van der Waals surface area contributed by atoms with Gasteiger partial charge in [0, 0.05) is 29.4 Å². The molecular weight excluding hydrogens is 422 g/mol. The van der Waals surface area contributed by atoms with Crippen molar-refractivity contribution >= 4 is 11.3 Å². The minimum Gasteiger partial charge on any atom is -0.489 e. The molecule has 6 nitrogen and oxygen atoms in total.